The Balaban J connectivity index is 2.47. The van der Waals surface area contributed by atoms with Gasteiger partial charge >= 0.3 is 0 Å². The summed E-state index contributed by atoms with van der Waals surface area (Å²) in [6.07, 6.45) is 2.00. The molecule has 102 valence electrons. The molecular formula is C15H21N3S. The highest BCUT2D eigenvalue weighted by molar-refractivity contribution is 7.15. The van der Waals surface area contributed by atoms with Crippen molar-refractivity contribution >= 4 is 17.2 Å². The van der Waals surface area contributed by atoms with Crippen LogP contribution in [0, 0.1) is 6.92 Å². The molecule has 19 heavy (non-hydrogen) atoms. The summed E-state index contributed by atoms with van der Waals surface area (Å²) in [5, 5.41) is 3.33. The number of hydrogen-bond donors (Lipinski definition) is 1. The molecule has 0 amide bonds. The van der Waals surface area contributed by atoms with Gasteiger partial charge in [-0.1, -0.05) is 13.8 Å². The maximum absolute atomic E-state index is 4.71. The van der Waals surface area contributed by atoms with Gasteiger partial charge in [-0.2, -0.15) is 0 Å². The molecule has 4 heteroatoms. The first-order valence-electron chi connectivity index (χ1n) is 6.90. The van der Waals surface area contributed by atoms with Gasteiger partial charge < -0.3 is 5.32 Å². The molecule has 2 heterocycles. The van der Waals surface area contributed by atoms with Gasteiger partial charge in [0.25, 0.3) is 0 Å². The molecule has 0 aliphatic rings. The van der Waals surface area contributed by atoms with Gasteiger partial charge in [0.05, 0.1) is 4.88 Å². The van der Waals surface area contributed by atoms with Gasteiger partial charge in [-0.05, 0) is 38.8 Å². The number of hydrogen-bond acceptors (Lipinski definition) is 4. The molecule has 2 rings (SSSR count). The fraction of sp³-hybridized carbons (Fsp3) is 0.467. The zero-order chi connectivity index (χ0) is 13.8. The van der Waals surface area contributed by atoms with Gasteiger partial charge in [-0.15, -0.1) is 11.3 Å². The van der Waals surface area contributed by atoms with E-state index in [1.54, 1.807) is 11.3 Å². The van der Waals surface area contributed by atoms with Crippen LogP contribution in [0.4, 0.5) is 5.82 Å². The van der Waals surface area contributed by atoms with Crippen LogP contribution in [0.5, 0.6) is 0 Å². The highest BCUT2D eigenvalue weighted by Gasteiger charge is 2.12. The van der Waals surface area contributed by atoms with E-state index in [-0.39, 0.29) is 0 Å². The van der Waals surface area contributed by atoms with Crippen LogP contribution in [0.25, 0.3) is 10.7 Å². The lowest BCUT2D eigenvalue weighted by molar-refractivity contribution is 0.972. The summed E-state index contributed by atoms with van der Waals surface area (Å²) in [5.74, 6) is 1.82. The standard InChI is InChI=1S/C15H21N3S/c1-5-11-8-9-13(19-11)15-17-12(6-2)10(4)14(18-15)16-7-3/h8-9H,5-7H2,1-4H3,(H,16,17,18). The summed E-state index contributed by atoms with van der Waals surface area (Å²) in [7, 11) is 0. The molecule has 0 aliphatic heterocycles. The summed E-state index contributed by atoms with van der Waals surface area (Å²) >= 11 is 1.79. The number of rotatable bonds is 5. The Hall–Kier alpha value is -1.42. The van der Waals surface area contributed by atoms with Crippen LogP contribution < -0.4 is 5.32 Å². The van der Waals surface area contributed by atoms with E-state index in [9.17, 15) is 0 Å². The number of thiophene rings is 1. The zero-order valence-corrected chi connectivity index (χ0v) is 12.9. The second-order valence-corrected chi connectivity index (χ2v) is 5.64. The molecule has 2 aromatic heterocycles. The second-order valence-electron chi connectivity index (χ2n) is 4.47. The van der Waals surface area contributed by atoms with Crippen LogP contribution in [0.2, 0.25) is 0 Å². The highest BCUT2D eigenvalue weighted by Crippen LogP contribution is 2.28. The molecule has 0 radical (unpaired) electrons. The van der Waals surface area contributed by atoms with E-state index in [1.807, 2.05) is 0 Å². The average Bonchev–Trinajstić information content (AvgIpc) is 2.90. The predicted molar refractivity (Wildman–Crippen MR) is 83.0 cm³/mol. The first-order valence-corrected chi connectivity index (χ1v) is 7.71. The van der Waals surface area contributed by atoms with Crippen LogP contribution in [0.15, 0.2) is 12.1 Å². The normalized spacial score (nSPS) is 10.7. The van der Waals surface area contributed by atoms with Crippen LogP contribution in [0.1, 0.15) is 36.9 Å². The molecule has 0 bridgehead atoms. The summed E-state index contributed by atoms with van der Waals surface area (Å²) in [6, 6.07) is 4.30. The molecule has 0 saturated heterocycles. The van der Waals surface area contributed by atoms with Crippen molar-refractivity contribution in [2.45, 2.75) is 40.5 Å². The predicted octanol–water partition coefficient (Wildman–Crippen LogP) is 4.07. The van der Waals surface area contributed by atoms with Crippen molar-refractivity contribution < 1.29 is 0 Å². The minimum absolute atomic E-state index is 0.850. The van der Waals surface area contributed by atoms with Gasteiger partial charge in [0, 0.05) is 22.7 Å². The highest BCUT2D eigenvalue weighted by atomic mass is 32.1. The molecular weight excluding hydrogens is 254 g/mol. The molecule has 3 nitrogen and oxygen atoms in total. The molecule has 0 unspecified atom stereocenters. The summed E-state index contributed by atoms with van der Waals surface area (Å²) in [5.41, 5.74) is 2.30. The zero-order valence-electron chi connectivity index (χ0n) is 12.1. The fourth-order valence-corrected chi connectivity index (χ4v) is 2.93. The number of aromatic nitrogens is 2. The lowest BCUT2D eigenvalue weighted by Crippen LogP contribution is -2.07. The molecule has 0 saturated carbocycles. The van der Waals surface area contributed by atoms with Crippen molar-refractivity contribution in [3.8, 4) is 10.7 Å². The number of nitrogens with zero attached hydrogens (tertiary/aromatic N) is 2. The third-order valence-electron chi connectivity index (χ3n) is 3.16. The Labute approximate surface area is 119 Å². The van der Waals surface area contributed by atoms with Gasteiger partial charge in [-0.3, -0.25) is 0 Å². The van der Waals surface area contributed by atoms with Crippen molar-refractivity contribution in [1.29, 1.82) is 0 Å². The van der Waals surface area contributed by atoms with E-state index < -0.39 is 0 Å². The van der Waals surface area contributed by atoms with E-state index in [4.69, 9.17) is 4.98 Å². The quantitative estimate of drug-likeness (QED) is 0.894. The fourth-order valence-electron chi connectivity index (χ4n) is 2.05. The SMILES string of the molecule is CCNc1nc(-c2ccc(CC)s2)nc(CC)c1C. The van der Waals surface area contributed by atoms with Crippen molar-refractivity contribution in [2.24, 2.45) is 0 Å². The first-order chi connectivity index (χ1) is 9.19. The summed E-state index contributed by atoms with van der Waals surface area (Å²) in [4.78, 5) is 11.9. The summed E-state index contributed by atoms with van der Waals surface area (Å²) in [6.45, 7) is 9.37. The van der Waals surface area contributed by atoms with Crippen LogP contribution >= 0.6 is 11.3 Å². The number of aryl methyl sites for hydroxylation is 2. The van der Waals surface area contributed by atoms with Gasteiger partial charge in [0.1, 0.15) is 5.82 Å². The van der Waals surface area contributed by atoms with E-state index in [0.717, 1.165) is 41.6 Å². The third kappa shape index (κ3) is 2.95. The Bertz CT molecular complexity index is 561. The number of anilines is 1. The molecule has 2 aromatic rings. The maximum atomic E-state index is 4.71. The monoisotopic (exact) mass is 275 g/mol. The van der Waals surface area contributed by atoms with Crippen LogP contribution in [0.3, 0.4) is 0 Å². The third-order valence-corrected chi connectivity index (χ3v) is 4.38. The molecule has 0 atom stereocenters. The van der Waals surface area contributed by atoms with Crippen molar-refractivity contribution in [3.05, 3.63) is 28.3 Å². The summed E-state index contributed by atoms with van der Waals surface area (Å²) < 4.78 is 0. The van der Waals surface area contributed by atoms with Gasteiger partial charge in [0.2, 0.25) is 0 Å². The van der Waals surface area contributed by atoms with Crippen molar-refractivity contribution in [2.75, 3.05) is 11.9 Å². The smallest absolute Gasteiger partial charge is 0.171 e. The van der Waals surface area contributed by atoms with E-state index >= 15 is 0 Å². The minimum Gasteiger partial charge on any atom is -0.370 e. The first kappa shape index (κ1) is 14.0. The Morgan fingerprint density at radius 1 is 1.11 bits per heavy atom. The van der Waals surface area contributed by atoms with E-state index in [0.29, 0.717) is 0 Å². The lowest BCUT2D eigenvalue weighted by Gasteiger charge is -2.11. The lowest BCUT2D eigenvalue weighted by atomic mass is 10.2. The number of nitrogens with one attached hydrogen (secondary N) is 1. The molecule has 0 aliphatic carbocycles. The van der Waals surface area contributed by atoms with Crippen LogP contribution in [-0.4, -0.2) is 16.5 Å². The van der Waals surface area contributed by atoms with Gasteiger partial charge in [-0.25, -0.2) is 9.97 Å². The van der Waals surface area contributed by atoms with Gasteiger partial charge in [0.15, 0.2) is 5.82 Å². The molecule has 1 N–H and O–H groups in total. The van der Waals surface area contributed by atoms with Crippen LogP contribution in [-0.2, 0) is 12.8 Å². The molecule has 0 spiro atoms. The van der Waals surface area contributed by atoms with E-state index in [2.05, 4.69) is 50.1 Å². The molecule has 0 fully saturated rings. The average molecular weight is 275 g/mol. The molecule has 0 aromatic carbocycles. The maximum Gasteiger partial charge on any atom is 0.171 e. The van der Waals surface area contributed by atoms with E-state index in [1.165, 1.54) is 10.4 Å². The topological polar surface area (TPSA) is 37.8 Å². The van der Waals surface area contributed by atoms with Crippen molar-refractivity contribution in [3.63, 3.8) is 0 Å². The largest absolute Gasteiger partial charge is 0.370 e. The minimum atomic E-state index is 0.850. The Morgan fingerprint density at radius 2 is 1.89 bits per heavy atom. The van der Waals surface area contributed by atoms with Crippen molar-refractivity contribution in [1.82, 2.24) is 9.97 Å². The Kier molecular flexibility index (Phi) is 4.53. The second kappa shape index (κ2) is 6.15. The Morgan fingerprint density at radius 3 is 2.47 bits per heavy atom.